The summed E-state index contributed by atoms with van der Waals surface area (Å²) in [5.41, 5.74) is 0. The Bertz CT molecular complexity index is 369. The number of nitrogens with one attached hydrogen (secondary N) is 2. The molecule has 0 radical (unpaired) electrons. The fraction of sp³-hybridized carbons (Fsp3) is 0.667. The van der Waals surface area contributed by atoms with E-state index >= 15 is 0 Å². The van der Waals surface area contributed by atoms with Gasteiger partial charge in [-0.25, -0.2) is 9.97 Å². The molecule has 0 bridgehead atoms. The van der Waals surface area contributed by atoms with E-state index in [0.29, 0.717) is 6.04 Å². The van der Waals surface area contributed by atoms with Crippen molar-refractivity contribution >= 4 is 11.6 Å². The molecule has 0 spiro atoms. The van der Waals surface area contributed by atoms with Gasteiger partial charge in [-0.2, -0.15) is 0 Å². The molecule has 0 aromatic carbocycles. The van der Waals surface area contributed by atoms with Gasteiger partial charge in [0, 0.05) is 31.7 Å². The van der Waals surface area contributed by atoms with Crippen molar-refractivity contribution in [1.29, 1.82) is 0 Å². The minimum Gasteiger partial charge on any atom is -0.366 e. The molecule has 2 aliphatic heterocycles. The molecule has 2 fully saturated rings. The molecule has 1 atom stereocenters. The first-order chi connectivity index (χ1) is 8.42. The second-order valence-corrected chi connectivity index (χ2v) is 4.79. The molecule has 1 aromatic rings. The number of rotatable bonds is 3. The lowest BCUT2D eigenvalue weighted by atomic mass is 10.2. The van der Waals surface area contributed by atoms with Crippen molar-refractivity contribution in [2.75, 3.05) is 36.4 Å². The van der Waals surface area contributed by atoms with Crippen LogP contribution in [0.1, 0.15) is 19.3 Å². The first-order valence-corrected chi connectivity index (χ1v) is 6.46. The minimum atomic E-state index is 0.510. The highest BCUT2D eigenvalue weighted by atomic mass is 15.2. The summed E-state index contributed by atoms with van der Waals surface area (Å²) in [4.78, 5) is 11.0. The average Bonchev–Trinajstić information content (AvgIpc) is 3.01. The first-order valence-electron chi connectivity index (χ1n) is 6.46. The van der Waals surface area contributed by atoms with Crippen LogP contribution in [-0.4, -0.2) is 42.2 Å². The summed E-state index contributed by atoms with van der Waals surface area (Å²) in [5, 5.41) is 6.81. The molecule has 2 aliphatic rings. The van der Waals surface area contributed by atoms with E-state index in [9.17, 15) is 0 Å². The molecule has 17 heavy (non-hydrogen) atoms. The Morgan fingerprint density at radius 3 is 2.94 bits per heavy atom. The van der Waals surface area contributed by atoms with Gasteiger partial charge < -0.3 is 15.5 Å². The van der Waals surface area contributed by atoms with Crippen LogP contribution in [-0.2, 0) is 0 Å². The molecule has 5 nitrogen and oxygen atoms in total. The largest absolute Gasteiger partial charge is 0.366 e. The van der Waals surface area contributed by atoms with E-state index in [2.05, 4.69) is 31.6 Å². The van der Waals surface area contributed by atoms with Crippen LogP contribution in [0.3, 0.4) is 0 Å². The first kappa shape index (κ1) is 10.8. The molecule has 3 heterocycles. The number of nitrogens with zero attached hydrogens (tertiary/aromatic N) is 3. The standard InChI is InChI=1S/C12H19N5/c1-2-6-17(5-1)12-7-11(14-9-15-12)16-10-3-4-13-8-10/h7,9-10,13H,1-6,8H2,(H,14,15,16). The fourth-order valence-electron chi connectivity index (χ4n) is 2.53. The van der Waals surface area contributed by atoms with E-state index in [1.165, 1.54) is 19.3 Å². The number of anilines is 2. The highest BCUT2D eigenvalue weighted by Gasteiger charge is 2.17. The third-order valence-corrected chi connectivity index (χ3v) is 3.50. The molecule has 1 aromatic heterocycles. The molecule has 0 saturated carbocycles. The lowest BCUT2D eigenvalue weighted by molar-refractivity contribution is 0.786. The highest BCUT2D eigenvalue weighted by Crippen LogP contribution is 2.20. The predicted octanol–water partition coefficient (Wildman–Crippen LogP) is 0.851. The zero-order chi connectivity index (χ0) is 11.5. The zero-order valence-electron chi connectivity index (χ0n) is 10.0. The predicted molar refractivity (Wildman–Crippen MR) is 68.4 cm³/mol. The Morgan fingerprint density at radius 2 is 2.18 bits per heavy atom. The van der Waals surface area contributed by atoms with Gasteiger partial charge in [-0.05, 0) is 25.8 Å². The summed E-state index contributed by atoms with van der Waals surface area (Å²) in [7, 11) is 0. The molecule has 1 unspecified atom stereocenters. The smallest absolute Gasteiger partial charge is 0.134 e. The summed E-state index contributed by atoms with van der Waals surface area (Å²) in [6, 6.07) is 2.58. The molecule has 2 N–H and O–H groups in total. The SMILES string of the molecule is c1nc(NC2CCNC2)cc(N2CCCC2)n1. The maximum absolute atomic E-state index is 4.36. The van der Waals surface area contributed by atoms with Gasteiger partial charge in [0.2, 0.25) is 0 Å². The summed E-state index contributed by atoms with van der Waals surface area (Å²) < 4.78 is 0. The second kappa shape index (κ2) is 4.87. The van der Waals surface area contributed by atoms with Crippen molar-refractivity contribution in [2.24, 2.45) is 0 Å². The lowest BCUT2D eigenvalue weighted by Crippen LogP contribution is -2.24. The van der Waals surface area contributed by atoms with Crippen LogP contribution in [0.2, 0.25) is 0 Å². The van der Waals surface area contributed by atoms with E-state index in [1.807, 2.05) is 0 Å². The van der Waals surface area contributed by atoms with E-state index < -0.39 is 0 Å². The third-order valence-electron chi connectivity index (χ3n) is 3.50. The quantitative estimate of drug-likeness (QED) is 0.810. The van der Waals surface area contributed by atoms with E-state index in [1.54, 1.807) is 6.33 Å². The van der Waals surface area contributed by atoms with Crippen LogP contribution in [0, 0.1) is 0 Å². The third kappa shape index (κ3) is 2.49. The van der Waals surface area contributed by atoms with Crippen molar-refractivity contribution in [3.8, 4) is 0 Å². The topological polar surface area (TPSA) is 53.1 Å². The van der Waals surface area contributed by atoms with Crippen molar-refractivity contribution in [3.63, 3.8) is 0 Å². The van der Waals surface area contributed by atoms with Crippen LogP contribution < -0.4 is 15.5 Å². The van der Waals surface area contributed by atoms with E-state index in [0.717, 1.165) is 37.8 Å². The Balaban J connectivity index is 1.69. The van der Waals surface area contributed by atoms with Gasteiger partial charge in [-0.15, -0.1) is 0 Å². The molecular formula is C12H19N5. The van der Waals surface area contributed by atoms with E-state index in [4.69, 9.17) is 0 Å². The number of aromatic nitrogens is 2. The van der Waals surface area contributed by atoms with Crippen molar-refractivity contribution in [2.45, 2.75) is 25.3 Å². The van der Waals surface area contributed by atoms with Gasteiger partial charge in [-0.3, -0.25) is 0 Å². The summed E-state index contributed by atoms with van der Waals surface area (Å²) >= 11 is 0. The Morgan fingerprint density at radius 1 is 1.29 bits per heavy atom. The van der Waals surface area contributed by atoms with Crippen LogP contribution in [0.25, 0.3) is 0 Å². The fourth-order valence-corrected chi connectivity index (χ4v) is 2.53. The average molecular weight is 233 g/mol. The molecule has 2 saturated heterocycles. The lowest BCUT2D eigenvalue weighted by Gasteiger charge is -2.18. The second-order valence-electron chi connectivity index (χ2n) is 4.79. The molecule has 92 valence electrons. The Hall–Kier alpha value is -1.36. The highest BCUT2D eigenvalue weighted by molar-refractivity contribution is 5.49. The molecule has 0 amide bonds. The summed E-state index contributed by atoms with van der Waals surface area (Å²) in [5.74, 6) is 2.02. The monoisotopic (exact) mass is 233 g/mol. The summed E-state index contributed by atoms with van der Waals surface area (Å²) in [6.45, 7) is 4.38. The molecule has 3 rings (SSSR count). The maximum Gasteiger partial charge on any atom is 0.134 e. The normalized spacial score (nSPS) is 24.2. The Labute approximate surface area is 102 Å². The zero-order valence-corrected chi connectivity index (χ0v) is 10.0. The van der Waals surface area contributed by atoms with Crippen molar-refractivity contribution < 1.29 is 0 Å². The van der Waals surface area contributed by atoms with Gasteiger partial charge in [0.1, 0.15) is 18.0 Å². The van der Waals surface area contributed by atoms with Gasteiger partial charge in [-0.1, -0.05) is 0 Å². The molecule has 5 heteroatoms. The number of hydrogen-bond donors (Lipinski definition) is 2. The number of hydrogen-bond acceptors (Lipinski definition) is 5. The van der Waals surface area contributed by atoms with Crippen LogP contribution in [0.15, 0.2) is 12.4 Å². The van der Waals surface area contributed by atoms with Gasteiger partial charge in [0.15, 0.2) is 0 Å². The minimum absolute atomic E-state index is 0.510. The van der Waals surface area contributed by atoms with Crippen LogP contribution in [0.5, 0.6) is 0 Å². The maximum atomic E-state index is 4.36. The van der Waals surface area contributed by atoms with E-state index in [-0.39, 0.29) is 0 Å². The molecule has 0 aliphatic carbocycles. The van der Waals surface area contributed by atoms with Crippen LogP contribution in [0.4, 0.5) is 11.6 Å². The van der Waals surface area contributed by atoms with Gasteiger partial charge in [0.25, 0.3) is 0 Å². The van der Waals surface area contributed by atoms with Gasteiger partial charge in [0.05, 0.1) is 0 Å². The van der Waals surface area contributed by atoms with Gasteiger partial charge >= 0.3 is 0 Å². The van der Waals surface area contributed by atoms with Crippen molar-refractivity contribution in [3.05, 3.63) is 12.4 Å². The van der Waals surface area contributed by atoms with Crippen molar-refractivity contribution in [1.82, 2.24) is 15.3 Å². The van der Waals surface area contributed by atoms with Crippen LogP contribution >= 0.6 is 0 Å². The Kier molecular flexibility index (Phi) is 3.09. The molecular weight excluding hydrogens is 214 g/mol. The summed E-state index contributed by atoms with van der Waals surface area (Å²) in [6.07, 6.45) is 5.39.